The van der Waals surface area contributed by atoms with Gasteiger partial charge in [0.2, 0.25) is 0 Å². The third kappa shape index (κ3) is 1.93. The number of para-hydroxylation sites is 2. The van der Waals surface area contributed by atoms with E-state index < -0.39 is 17.8 Å². The van der Waals surface area contributed by atoms with Gasteiger partial charge in [0.15, 0.2) is 0 Å². The second-order valence-electron chi connectivity index (χ2n) is 4.38. The van der Waals surface area contributed by atoms with Gasteiger partial charge >= 0.3 is 6.03 Å². The second kappa shape index (κ2) is 4.77. The van der Waals surface area contributed by atoms with E-state index in [0.29, 0.717) is 5.69 Å². The van der Waals surface area contributed by atoms with Gasteiger partial charge in [-0.3, -0.25) is 9.69 Å². The van der Waals surface area contributed by atoms with Crippen LogP contribution < -0.4 is 9.80 Å². The molecule has 3 rings (SSSR count). The van der Waals surface area contributed by atoms with Gasteiger partial charge in [-0.1, -0.05) is 30.3 Å². The van der Waals surface area contributed by atoms with Gasteiger partial charge in [0.1, 0.15) is 12.4 Å². The Morgan fingerprint density at radius 2 is 1.55 bits per heavy atom. The van der Waals surface area contributed by atoms with E-state index in [1.807, 2.05) is 6.07 Å². The van der Waals surface area contributed by atoms with E-state index in [9.17, 15) is 14.0 Å². The van der Waals surface area contributed by atoms with Gasteiger partial charge in [-0.2, -0.15) is 0 Å². The van der Waals surface area contributed by atoms with Gasteiger partial charge in [-0.15, -0.1) is 0 Å². The maximum absolute atomic E-state index is 13.8. The lowest BCUT2D eigenvalue weighted by molar-refractivity contribution is -0.115. The summed E-state index contributed by atoms with van der Waals surface area (Å²) in [7, 11) is 0. The van der Waals surface area contributed by atoms with Crippen molar-refractivity contribution in [2.75, 3.05) is 16.3 Å². The third-order valence-corrected chi connectivity index (χ3v) is 3.13. The summed E-state index contributed by atoms with van der Waals surface area (Å²) >= 11 is 0. The molecule has 4 nitrogen and oxygen atoms in total. The summed E-state index contributed by atoms with van der Waals surface area (Å²) in [6.07, 6.45) is 0. The van der Waals surface area contributed by atoms with Crippen molar-refractivity contribution in [2.45, 2.75) is 0 Å². The van der Waals surface area contributed by atoms with Crippen LogP contribution in [0, 0.1) is 5.82 Å². The van der Waals surface area contributed by atoms with E-state index in [0.717, 1.165) is 4.90 Å². The molecule has 0 atom stereocenters. The van der Waals surface area contributed by atoms with E-state index >= 15 is 0 Å². The molecule has 0 aromatic heterocycles. The van der Waals surface area contributed by atoms with Crippen molar-refractivity contribution in [1.82, 2.24) is 0 Å². The first kappa shape index (κ1) is 12.3. The number of rotatable bonds is 2. The standard InChI is InChI=1S/C15H11FN2O2/c16-12-8-4-5-9-13(12)18-14(19)10-17(15(18)20)11-6-2-1-3-7-11/h1-9H,10H2. The van der Waals surface area contributed by atoms with Crippen LogP contribution >= 0.6 is 0 Å². The number of hydrogen-bond donors (Lipinski definition) is 0. The van der Waals surface area contributed by atoms with Crippen LogP contribution in [0.25, 0.3) is 0 Å². The molecule has 0 aliphatic carbocycles. The lowest BCUT2D eigenvalue weighted by Gasteiger charge is -2.17. The normalized spacial score (nSPS) is 15.1. The molecule has 0 radical (unpaired) electrons. The zero-order chi connectivity index (χ0) is 14.1. The number of anilines is 2. The van der Waals surface area contributed by atoms with Gasteiger partial charge < -0.3 is 0 Å². The quantitative estimate of drug-likeness (QED) is 0.787. The number of benzene rings is 2. The molecule has 20 heavy (non-hydrogen) atoms. The number of urea groups is 1. The second-order valence-corrected chi connectivity index (χ2v) is 4.38. The number of carbonyl (C=O) groups is 2. The van der Waals surface area contributed by atoms with E-state index in [4.69, 9.17) is 0 Å². The Morgan fingerprint density at radius 1 is 0.900 bits per heavy atom. The zero-order valence-electron chi connectivity index (χ0n) is 10.5. The first-order chi connectivity index (χ1) is 9.68. The largest absolute Gasteiger partial charge is 0.336 e. The molecule has 0 saturated carbocycles. The van der Waals surface area contributed by atoms with Crippen LogP contribution in [0.3, 0.4) is 0 Å². The summed E-state index contributed by atoms with van der Waals surface area (Å²) in [6.45, 7) is -0.0861. The average molecular weight is 270 g/mol. The molecule has 1 heterocycles. The maximum atomic E-state index is 13.8. The predicted octanol–water partition coefficient (Wildman–Crippen LogP) is 2.80. The molecular weight excluding hydrogens is 259 g/mol. The fourth-order valence-corrected chi connectivity index (χ4v) is 2.18. The van der Waals surface area contributed by atoms with Crippen molar-refractivity contribution in [1.29, 1.82) is 0 Å². The summed E-state index contributed by atoms with van der Waals surface area (Å²) in [5.74, 6) is -1.03. The lowest BCUT2D eigenvalue weighted by Crippen LogP contribution is -2.33. The highest BCUT2D eigenvalue weighted by molar-refractivity contribution is 6.26. The first-order valence-corrected chi connectivity index (χ1v) is 6.12. The summed E-state index contributed by atoms with van der Waals surface area (Å²) in [5, 5.41) is 0. The zero-order valence-corrected chi connectivity index (χ0v) is 10.5. The van der Waals surface area contributed by atoms with Gasteiger partial charge in [0.25, 0.3) is 5.91 Å². The van der Waals surface area contributed by atoms with Gasteiger partial charge in [-0.05, 0) is 24.3 Å². The number of hydrogen-bond acceptors (Lipinski definition) is 2. The molecule has 0 N–H and O–H groups in total. The Balaban J connectivity index is 1.98. The van der Waals surface area contributed by atoms with Crippen molar-refractivity contribution in [3.05, 3.63) is 60.4 Å². The maximum Gasteiger partial charge on any atom is 0.336 e. The molecule has 0 spiro atoms. The number of imide groups is 1. The van der Waals surface area contributed by atoms with Crippen molar-refractivity contribution >= 4 is 23.3 Å². The van der Waals surface area contributed by atoms with Crippen LogP contribution in [-0.4, -0.2) is 18.5 Å². The molecule has 1 aliphatic heterocycles. The minimum absolute atomic E-state index is 0.0130. The summed E-state index contributed by atoms with van der Waals surface area (Å²) in [5.41, 5.74) is 0.602. The summed E-state index contributed by atoms with van der Waals surface area (Å²) < 4.78 is 13.8. The van der Waals surface area contributed by atoms with Crippen LogP contribution in [0.4, 0.5) is 20.6 Å². The van der Waals surface area contributed by atoms with Crippen LogP contribution in [0.2, 0.25) is 0 Å². The van der Waals surface area contributed by atoms with E-state index in [2.05, 4.69) is 0 Å². The smallest absolute Gasteiger partial charge is 0.284 e. The molecule has 0 bridgehead atoms. The SMILES string of the molecule is O=C1CN(c2ccccc2)C(=O)N1c1ccccc1F. The Labute approximate surface area is 115 Å². The fourth-order valence-electron chi connectivity index (χ4n) is 2.18. The number of carbonyl (C=O) groups excluding carboxylic acids is 2. The molecular formula is C15H11FN2O2. The van der Waals surface area contributed by atoms with Crippen molar-refractivity contribution in [2.24, 2.45) is 0 Å². The van der Waals surface area contributed by atoms with Crippen molar-refractivity contribution in [3.8, 4) is 0 Å². The Kier molecular flexibility index (Phi) is 2.95. The Bertz CT molecular complexity index is 673. The van der Waals surface area contributed by atoms with E-state index in [1.165, 1.54) is 23.1 Å². The first-order valence-electron chi connectivity index (χ1n) is 6.12. The molecule has 3 amide bonds. The monoisotopic (exact) mass is 270 g/mol. The molecule has 0 unspecified atom stereocenters. The number of halogens is 1. The van der Waals surface area contributed by atoms with E-state index in [1.54, 1.807) is 30.3 Å². The number of amides is 3. The van der Waals surface area contributed by atoms with Crippen LogP contribution in [0.5, 0.6) is 0 Å². The van der Waals surface area contributed by atoms with Crippen molar-refractivity contribution < 1.29 is 14.0 Å². The predicted molar refractivity (Wildman–Crippen MR) is 73.1 cm³/mol. The lowest BCUT2D eigenvalue weighted by atomic mass is 10.3. The van der Waals surface area contributed by atoms with Gasteiger partial charge in [-0.25, -0.2) is 14.1 Å². The molecule has 1 fully saturated rings. The Morgan fingerprint density at radius 3 is 2.25 bits per heavy atom. The summed E-state index contributed by atoms with van der Waals surface area (Å²) in [4.78, 5) is 26.6. The van der Waals surface area contributed by atoms with Gasteiger partial charge in [0.05, 0.1) is 5.69 Å². The average Bonchev–Trinajstić information content (AvgIpc) is 2.76. The Hall–Kier alpha value is -2.69. The van der Waals surface area contributed by atoms with Crippen LogP contribution in [0.1, 0.15) is 0 Å². The molecule has 1 saturated heterocycles. The molecule has 100 valence electrons. The summed E-state index contributed by atoms with van der Waals surface area (Å²) in [6, 6.07) is 14.0. The molecule has 1 aliphatic rings. The minimum Gasteiger partial charge on any atom is -0.284 e. The third-order valence-electron chi connectivity index (χ3n) is 3.13. The van der Waals surface area contributed by atoms with Crippen LogP contribution in [0.15, 0.2) is 54.6 Å². The minimum atomic E-state index is -0.593. The number of nitrogens with zero attached hydrogens (tertiary/aromatic N) is 2. The van der Waals surface area contributed by atoms with Gasteiger partial charge in [0, 0.05) is 5.69 Å². The fraction of sp³-hybridized carbons (Fsp3) is 0.0667. The molecule has 2 aromatic rings. The van der Waals surface area contributed by atoms with Crippen molar-refractivity contribution in [3.63, 3.8) is 0 Å². The van der Waals surface area contributed by atoms with E-state index in [-0.39, 0.29) is 12.2 Å². The highest BCUT2D eigenvalue weighted by Crippen LogP contribution is 2.27. The highest BCUT2D eigenvalue weighted by atomic mass is 19.1. The highest BCUT2D eigenvalue weighted by Gasteiger charge is 2.38. The molecule has 2 aromatic carbocycles. The van der Waals surface area contributed by atoms with Crippen LogP contribution in [-0.2, 0) is 4.79 Å². The topological polar surface area (TPSA) is 40.6 Å². The molecule has 5 heteroatoms.